The number of amides is 2. The Morgan fingerprint density at radius 1 is 1.00 bits per heavy atom. The summed E-state index contributed by atoms with van der Waals surface area (Å²) < 4.78 is 0. The second kappa shape index (κ2) is 4.43. The Kier molecular flexibility index (Phi) is 3.20. The second-order valence-electron chi connectivity index (χ2n) is 5.75. The largest absolute Gasteiger partial charge is 0.366 e. The van der Waals surface area contributed by atoms with Gasteiger partial charge in [-0.25, -0.2) is 0 Å². The molecule has 0 radical (unpaired) electrons. The van der Waals surface area contributed by atoms with E-state index in [2.05, 4.69) is 0 Å². The highest BCUT2D eigenvalue weighted by Gasteiger charge is 2.46. The van der Waals surface area contributed by atoms with Gasteiger partial charge in [0.05, 0.1) is 17.2 Å². The zero-order valence-electron chi connectivity index (χ0n) is 11.1. The van der Waals surface area contributed by atoms with Crippen LogP contribution in [0.5, 0.6) is 0 Å². The van der Waals surface area contributed by atoms with Crippen molar-refractivity contribution in [2.24, 2.45) is 5.41 Å². The number of carbonyl (C=O) groups excluding carboxylic acids is 2. The molecule has 0 aromatic heterocycles. The van der Waals surface area contributed by atoms with E-state index in [1.807, 2.05) is 0 Å². The Balaban J connectivity index is 2.49. The van der Waals surface area contributed by atoms with E-state index in [-0.39, 0.29) is 0 Å². The third-order valence-electron chi connectivity index (χ3n) is 3.27. The van der Waals surface area contributed by atoms with Crippen LogP contribution in [0, 0.1) is 5.41 Å². The van der Waals surface area contributed by atoms with E-state index in [1.165, 1.54) is 0 Å². The van der Waals surface area contributed by atoms with Gasteiger partial charge in [-0.2, -0.15) is 0 Å². The molecule has 0 fully saturated rings. The van der Waals surface area contributed by atoms with Crippen LogP contribution in [0.15, 0.2) is 24.3 Å². The van der Waals surface area contributed by atoms with Crippen LogP contribution < -0.4 is 0 Å². The lowest BCUT2D eigenvalue weighted by Crippen LogP contribution is -2.53. The zero-order chi connectivity index (χ0) is 14.4. The van der Waals surface area contributed by atoms with E-state index in [4.69, 9.17) is 0 Å². The summed E-state index contributed by atoms with van der Waals surface area (Å²) in [6.07, 6.45) is -1.78. The maximum absolute atomic E-state index is 12.3. The summed E-state index contributed by atoms with van der Waals surface area (Å²) in [6.45, 7) is 5.25. The lowest BCUT2D eigenvalue weighted by molar-refractivity contribution is -0.114. The first-order valence-electron chi connectivity index (χ1n) is 6.08. The van der Waals surface area contributed by atoms with Crippen LogP contribution in [0.1, 0.15) is 41.5 Å². The Bertz CT molecular complexity index is 495. The molecule has 2 N–H and O–H groups in total. The van der Waals surface area contributed by atoms with Crippen LogP contribution in [0.25, 0.3) is 0 Å². The summed E-state index contributed by atoms with van der Waals surface area (Å²) in [5.41, 5.74) is -0.0218. The van der Waals surface area contributed by atoms with E-state index in [0.29, 0.717) is 11.1 Å². The van der Waals surface area contributed by atoms with Crippen LogP contribution in [0.2, 0.25) is 0 Å². The Morgan fingerprint density at radius 3 is 1.74 bits per heavy atom. The van der Waals surface area contributed by atoms with Gasteiger partial charge < -0.3 is 10.2 Å². The molecule has 102 valence electrons. The molecule has 0 saturated heterocycles. The molecule has 2 amide bonds. The van der Waals surface area contributed by atoms with Crippen LogP contribution >= 0.6 is 0 Å². The Hall–Kier alpha value is -1.72. The first-order valence-corrected chi connectivity index (χ1v) is 6.08. The second-order valence-corrected chi connectivity index (χ2v) is 5.75. The predicted molar refractivity (Wildman–Crippen MR) is 68.4 cm³/mol. The average Bonchev–Trinajstić information content (AvgIpc) is 2.53. The van der Waals surface area contributed by atoms with Crippen LogP contribution in [-0.4, -0.2) is 39.3 Å². The fraction of sp³-hybridized carbons (Fsp3) is 0.429. The molecule has 0 spiro atoms. The van der Waals surface area contributed by atoms with Crippen molar-refractivity contribution in [3.8, 4) is 0 Å². The van der Waals surface area contributed by atoms with Crippen molar-refractivity contribution in [3.63, 3.8) is 0 Å². The highest BCUT2D eigenvalue weighted by atomic mass is 16.5. The van der Waals surface area contributed by atoms with E-state index >= 15 is 0 Å². The minimum Gasteiger partial charge on any atom is -0.366 e. The number of carbonyl (C=O) groups is 2. The maximum Gasteiger partial charge on any atom is 0.262 e. The van der Waals surface area contributed by atoms with Crippen LogP contribution in [-0.2, 0) is 0 Å². The van der Waals surface area contributed by atoms with Crippen molar-refractivity contribution in [1.29, 1.82) is 0 Å². The molecule has 1 aromatic carbocycles. The summed E-state index contributed by atoms with van der Waals surface area (Å²) in [7, 11) is 0. The smallest absolute Gasteiger partial charge is 0.262 e. The molecule has 0 saturated carbocycles. The molecule has 0 bridgehead atoms. The number of nitrogens with zero attached hydrogens (tertiary/aromatic N) is 1. The molecule has 1 unspecified atom stereocenters. The highest BCUT2D eigenvalue weighted by molar-refractivity contribution is 6.21. The van der Waals surface area contributed by atoms with Crippen molar-refractivity contribution in [2.45, 2.75) is 33.1 Å². The third-order valence-corrected chi connectivity index (χ3v) is 3.27. The molecule has 19 heavy (non-hydrogen) atoms. The molecule has 0 aliphatic carbocycles. The molecule has 2 rings (SSSR count). The lowest BCUT2D eigenvalue weighted by atomic mass is 9.85. The zero-order valence-corrected chi connectivity index (χ0v) is 11.1. The molecule has 1 aliphatic heterocycles. The van der Waals surface area contributed by atoms with E-state index < -0.39 is 29.6 Å². The van der Waals surface area contributed by atoms with Crippen molar-refractivity contribution in [3.05, 3.63) is 35.4 Å². The third kappa shape index (κ3) is 2.15. The summed E-state index contributed by atoms with van der Waals surface area (Å²) >= 11 is 0. The summed E-state index contributed by atoms with van der Waals surface area (Å²) in [6, 6.07) is 5.50. The number of fused-ring (bicyclic) bond motifs is 1. The minimum atomic E-state index is -1.78. The lowest BCUT2D eigenvalue weighted by Gasteiger charge is -2.37. The van der Waals surface area contributed by atoms with Crippen LogP contribution in [0.3, 0.4) is 0 Å². The van der Waals surface area contributed by atoms with Gasteiger partial charge in [-0.1, -0.05) is 32.9 Å². The SMILES string of the molecule is CC(C)(C)C(C(O)O)N1C(=O)c2ccccc2C1=O. The molecule has 5 nitrogen and oxygen atoms in total. The number of hydrogen-bond acceptors (Lipinski definition) is 4. The first-order chi connectivity index (χ1) is 8.75. The van der Waals surface area contributed by atoms with Gasteiger partial charge in [0.2, 0.25) is 0 Å². The molecule has 1 aromatic rings. The predicted octanol–water partition coefficient (Wildman–Crippen LogP) is 1.01. The van der Waals surface area contributed by atoms with Gasteiger partial charge in [-0.3, -0.25) is 14.5 Å². The van der Waals surface area contributed by atoms with Gasteiger partial charge in [0.25, 0.3) is 11.8 Å². The molecule has 1 aliphatic rings. The number of rotatable bonds is 2. The first kappa shape index (κ1) is 13.7. The fourth-order valence-corrected chi connectivity index (χ4v) is 2.43. The number of benzene rings is 1. The summed E-state index contributed by atoms with van der Waals surface area (Å²) in [5.74, 6) is -0.956. The van der Waals surface area contributed by atoms with Gasteiger partial charge in [0.1, 0.15) is 0 Å². The van der Waals surface area contributed by atoms with Gasteiger partial charge in [0, 0.05) is 0 Å². The Morgan fingerprint density at radius 2 is 1.42 bits per heavy atom. The topological polar surface area (TPSA) is 77.8 Å². The van der Waals surface area contributed by atoms with E-state index in [1.54, 1.807) is 45.0 Å². The van der Waals surface area contributed by atoms with E-state index in [9.17, 15) is 19.8 Å². The van der Waals surface area contributed by atoms with Crippen molar-refractivity contribution in [2.75, 3.05) is 0 Å². The highest BCUT2D eigenvalue weighted by Crippen LogP contribution is 2.33. The standard InChI is InChI=1S/C14H17NO4/c1-14(2,3)10(13(18)19)15-11(16)8-6-4-5-7-9(8)12(15)17/h4-7,10,13,18-19H,1-3H3. The van der Waals surface area contributed by atoms with Gasteiger partial charge >= 0.3 is 0 Å². The maximum atomic E-state index is 12.3. The minimum absolute atomic E-state index is 0.308. The van der Waals surface area contributed by atoms with Crippen molar-refractivity contribution < 1.29 is 19.8 Å². The normalized spacial score (nSPS) is 17.1. The quantitative estimate of drug-likeness (QED) is 0.616. The number of imide groups is 1. The fourth-order valence-electron chi connectivity index (χ4n) is 2.43. The van der Waals surface area contributed by atoms with Gasteiger partial charge in [-0.15, -0.1) is 0 Å². The number of aliphatic hydroxyl groups excluding tert-OH is 1. The monoisotopic (exact) mass is 263 g/mol. The van der Waals surface area contributed by atoms with Gasteiger partial charge in [0.15, 0.2) is 6.29 Å². The Labute approximate surface area is 111 Å². The molecule has 1 atom stereocenters. The molecular weight excluding hydrogens is 246 g/mol. The molecular formula is C14H17NO4. The number of aliphatic hydroxyl groups is 2. The molecule has 5 heteroatoms. The van der Waals surface area contributed by atoms with Crippen LogP contribution in [0.4, 0.5) is 0 Å². The van der Waals surface area contributed by atoms with E-state index in [0.717, 1.165) is 4.90 Å². The van der Waals surface area contributed by atoms with Crippen molar-refractivity contribution >= 4 is 11.8 Å². The summed E-state index contributed by atoms with van der Waals surface area (Å²) in [4.78, 5) is 25.5. The molecule has 1 heterocycles. The summed E-state index contributed by atoms with van der Waals surface area (Å²) in [5, 5.41) is 19.1. The number of hydrogen-bond donors (Lipinski definition) is 2. The average molecular weight is 263 g/mol. The van der Waals surface area contributed by atoms with Gasteiger partial charge in [-0.05, 0) is 17.5 Å². The van der Waals surface area contributed by atoms with Crippen molar-refractivity contribution in [1.82, 2.24) is 4.90 Å².